The lowest BCUT2D eigenvalue weighted by Gasteiger charge is -2.21. The Balaban J connectivity index is 3.39. The van der Waals surface area contributed by atoms with E-state index in [9.17, 15) is 4.79 Å². The van der Waals surface area contributed by atoms with Gasteiger partial charge < -0.3 is 13.9 Å². The van der Waals surface area contributed by atoms with E-state index in [2.05, 4.69) is 24.4 Å². The smallest absolute Gasteiger partial charge is 0.332 e. The van der Waals surface area contributed by atoms with Gasteiger partial charge >= 0.3 is 5.97 Å². The molecule has 0 unspecified atom stereocenters. The van der Waals surface area contributed by atoms with Gasteiger partial charge in [0.2, 0.25) is 0 Å². The molecule has 16 heavy (non-hydrogen) atoms. The third-order valence-electron chi connectivity index (χ3n) is 2.05. The van der Waals surface area contributed by atoms with Crippen molar-refractivity contribution in [2.24, 2.45) is 0 Å². The first-order valence-electron chi connectivity index (χ1n) is 5.52. The van der Waals surface area contributed by atoms with Crippen molar-refractivity contribution in [1.82, 2.24) is 0 Å². The molecule has 0 aliphatic rings. The van der Waals surface area contributed by atoms with Crippen LogP contribution >= 0.6 is 0 Å². The molecule has 5 heteroatoms. The molecule has 0 radical (unpaired) electrons. The van der Waals surface area contributed by atoms with Gasteiger partial charge in [0.15, 0.2) is 15.1 Å². The topological polar surface area (TPSA) is 44.8 Å². The van der Waals surface area contributed by atoms with Crippen LogP contribution in [0.2, 0.25) is 19.1 Å². The summed E-state index contributed by atoms with van der Waals surface area (Å²) in [5.41, 5.74) is 0. The van der Waals surface area contributed by atoms with E-state index in [4.69, 9.17) is 9.16 Å². The molecule has 0 rings (SSSR count). The van der Waals surface area contributed by atoms with Gasteiger partial charge in [0.1, 0.15) is 0 Å². The molecule has 0 aliphatic carbocycles. The van der Waals surface area contributed by atoms with Crippen LogP contribution in [0.25, 0.3) is 0 Å². The number of hydrogen-bond donors (Lipinski definition) is 0. The van der Waals surface area contributed by atoms with Gasteiger partial charge in [-0.25, -0.2) is 4.79 Å². The van der Waals surface area contributed by atoms with Crippen LogP contribution in [0.5, 0.6) is 0 Å². The third-order valence-corrected chi connectivity index (χ3v) is 4.68. The molecule has 94 valence electrons. The minimum Gasteiger partial charge on any atom is -0.435 e. The maximum Gasteiger partial charge on any atom is 0.332 e. The number of rotatable bonds is 9. The maximum atomic E-state index is 10.7. The predicted molar refractivity (Wildman–Crippen MR) is 65.6 cm³/mol. The lowest BCUT2D eigenvalue weighted by atomic mass is 10.5. The second-order valence-electron chi connectivity index (χ2n) is 3.99. The standard InChI is InChI=1S/C11H22O4Si/c1-5-11(12)14-10-13-8-7-9-16(3,4)15-6-2/h5H,1,6-10H2,2-4H3. The van der Waals surface area contributed by atoms with Crippen LogP contribution in [0.3, 0.4) is 0 Å². The van der Waals surface area contributed by atoms with Crippen molar-refractivity contribution in [2.75, 3.05) is 20.0 Å². The fourth-order valence-corrected chi connectivity index (χ4v) is 3.20. The molecule has 0 bridgehead atoms. The minimum absolute atomic E-state index is 0.00146. The van der Waals surface area contributed by atoms with Crippen LogP contribution in [0.1, 0.15) is 13.3 Å². The Morgan fingerprint density at radius 1 is 1.44 bits per heavy atom. The lowest BCUT2D eigenvalue weighted by molar-refractivity contribution is -0.150. The van der Waals surface area contributed by atoms with E-state index in [1.807, 2.05) is 6.92 Å². The van der Waals surface area contributed by atoms with E-state index in [0.717, 1.165) is 25.1 Å². The molecule has 0 aromatic rings. The van der Waals surface area contributed by atoms with Crippen molar-refractivity contribution in [1.29, 1.82) is 0 Å². The normalized spacial score (nSPS) is 11.2. The summed E-state index contributed by atoms with van der Waals surface area (Å²) in [5.74, 6) is -0.455. The van der Waals surface area contributed by atoms with Crippen LogP contribution in [-0.4, -0.2) is 34.3 Å². The number of ether oxygens (including phenoxy) is 2. The molecular formula is C11H22O4Si. The van der Waals surface area contributed by atoms with E-state index in [0.29, 0.717) is 6.61 Å². The van der Waals surface area contributed by atoms with Crippen molar-refractivity contribution in [3.05, 3.63) is 12.7 Å². The van der Waals surface area contributed by atoms with E-state index in [1.54, 1.807) is 0 Å². The lowest BCUT2D eigenvalue weighted by Crippen LogP contribution is -2.30. The Hall–Kier alpha value is -0.653. The molecule has 0 atom stereocenters. The Bertz CT molecular complexity index is 216. The predicted octanol–water partition coefficient (Wildman–Crippen LogP) is 2.32. The third kappa shape index (κ3) is 8.64. The Morgan fingerprint density at radius 2 is 2.12 bits per heavy atom. The average molecular weight is 246 g/mol. The Morgan fingerprint density at radius 3 is 2.69 bits per heavy atom. The summed E-state index contributed by atoms with van der Waals surface area (Å²) in [7, 11) is -1.50. The maximum absolute atomic E-state index is 10.7. The first-order chi connectivity index (χ1) is 7.52. The molecule has 0 heterocycles. The van der Waals surface area contributed by atoms with E-state index in [1.165, 1.54) is 0 Å². The number of carbonyl (C=O) groups excluding carboxylic acids is 1. The van der Waals surface area contributed by atoms with Crippen molar-refractivity contribution < 1.29 is 18.7 Å². The summed E-state index contributed by atoms with van der Waals surface area (Å²) in [6.45, 7) is 11.0. The van der Waals surface area contributed by atoms with Gasteiger partial charge in [-0.2, -0.15) is 0 Å². The number of esters is 1. The second kappa shape index (κ2) is 8.49. The molecular weight excluding hydrogens is 224 g/mol. The molecule has 4 nitrogen and oxygen atoms in total. The van der Waals surface area contributed by atoms with Gasteiger partial charge in [-0.3, -0.25) is 0 Å². The van der Waals surface area contributed by atoms with Gasteiger partial charge in [0.25, 0.3) is 0 Å². The largest absolute Gasteiger partial charge is 0.435 e. The summed E-state index contributed by atoms with van der Waals surface area (Å²) in [4.78, 5) is 10.7. The molecule has 0 saturated carbocycles. The van der Waals surface area contributed by atoms with E-state index < -0.39 is 14.3 Å². The molecule has 0 aliphatic heterocycles. The summed E-state index contributed by atoms with van der Waals surface area (Å²) >= 11 is 0. The number of hydrogen-bond acceptors (Lipinski definition) is 4. The van der Waals surface area contributed by atoms with Gasteiger partial charge in [0.05, 0.1) is 6.61 Å². The average Bonchev–Trinajstić information content (AvgIpc) is 2.22. The summed E-state index contributed by atoms with van der Waals surface area (Å²) in [6, 6.07) is 1.05. The van der Waals surface area contributed by atoms with Gasteiger partial charge in [-0.1, -0.05) is 6.58 Å². The number of carbonyl (C=O) groups is 1. The highest BCUT2D eigenvalue weighted by atomic mass is 28.4. The highest BCUT2D eigenvalue weighted by Crippen LogP contribution is 2.13. The van der Waals surface area contributed by atoms with Crippen molar-refractivity contribution >= 4 is 14.3 Å². The molecule has 0 aromatic heterocycles. The molecule has 0 N–H and O–H groups in total. The van der Waals surface area contributed by atoms with Crippen LogP contribution in [0.4, 0.5) is 0 Å². The SMILES string of the molecule is C=CC(=O)OCOCCC[Si](C)(C)OCC. The molecule has 0 aromatic carbocycles. The molecule has 0 amide bonds. The van der Waals surface area contributed by atoms with Crippen LogP contribution in [0.15, 0.2) is 12.7 Å². The zero-order valence-electron chi connectivity index (χ0n) is 10.5. The Labute approximate surface area is 98.7 Å². The zero-order valence-corrected chi connectivity index (χ0v) is 11.5. The first kappa shape index (κ1) is 15.3. The molecule has 0 spiro atoms. The Kier molecular flexibility index (Phi) is 8.15. The summed E-state index contributed by atoms with van der Waals surface area (Å²) < 4.78 is 15.5. The van der Waals surface area contributed by atoms with Crippen molar-refractivity contribution in [3.63, 3.8) is 0 Å². The minimum atomic E-state index is -1.50. The van der Waals surface area contributed by atoms with E-state index in [-0.39, 0.29) is 6.79 Å². The summed E-state index contributed by atoms with van der Waals surface area (Å²) in [5, 5.41) is 0. The summed E-state index contributed by atoms with van der Waals surface area (Å²) in [6.07, 6.45) is 2.05. The highest BCUT2D eigenvalue weighted by Gasteiger charge is 2.20. The van der Waals surface area contributed by atoms with Crippen molar-refractivity contribution in [3.8, 4) is 0 Å². The monoisotopic (exact) mass is 246 g/mol. The first-order valence-corrected chi connectivity index (χ1v) is 8.64. The zero-order chi connectivity index (χ0) is 12.4. The van der Waals surface area contributed by atoms with Crippen LogP contribution in [0, 0.1) is 0 Å². The van der Waals surface area contributed by atoms with E-state index >= 15 is 0 Å². The second-order valence-corrected chi connectivity index (χ2v) is 8.30. The van der Waals surface area contributed by atoms with Gasteiger partial charge in [0, 0.05) is 12.7 Å². The van der Waals surface area contributed by atoms with Crippen molar-refractivity contribution in [2.45, 2.75) is 32.5 Å². The fraction of sp³-hybridized carbons (Fsp3) is 0.727. The van der Waals surface area contributed by atoms with Gasteiger partial charge in [-0.05, 0) is 32.5 Å². The highest BCUT2D eigenvalue weighted by molar-refractivity contribution is 6.71. The van der Waals surface area contributed by atoms with Gasteiger partial charge in [-0.15, -0.1) is 0 Å². The molecule has 0 saturated heterocycles. The molecule has 0 fully saturated rings. The van der Waals surface area contributed by atoms with Crippen LogP contribution < -0.4 is 0 Å². The van der Waals surface area contributed by atoms with Crippen LogP contribution in [-0.2, 0) is 18.7 Å². The quantitative estimate of drug-likeness (QED) is 0.206. The fourth-order valence-electron chi connectivity index (χ4n) is 1.28.